The summed E-state index contributed by atoms with van der Waals surface area (Å²) in [5.41, 5.74) is 6.87. The molecule has 0 spiro atoms. The van der Waals surface area contributed by atoms with Crippen molar-refractivity contribution in [3.05, 3.63) is 157 Å². The molecule has 1 unspecified atom stereocenters. The monoisotopic (exact) mass is 807 g/mol. The standard InChI is InChI=1S/C54H66N2O4/c1-51(2,3)57-39-37-53(7,8)59-49-33-29-47(30-34-49)55(43-17-13-11-14-18-43)45-25-21-41(22-26-45)42-23-27-46(28-24-42)56(44-19-15-12-16-20-44)48-31-35-50(36-32-48)60-54(9,10)38-40-58-52(4,5)6/h11-27,29-36,46H,28,37-40H2,1-10H3. The smallest absolute Gasteiger partial charge is 0.120 e. The molecule has 0 saturated carbocycles. The van der Waals surface area contributed by atoms with E-state index in [-0.39, 0.29) is 28.4 Å². The Bertz CT molecular complexity index is 2140. The quantitative estimate of drug-likeness (QED) is 0.0932. The lowest BCUT2D eigenvalue weighted by Gasteiger charge is -2.34. The Kier molecular flexibility index (Phi) is 14.0. The molecular formula is C54H66N2O4. The maximum Gasteiger partial charge on any atom is 0.120 e. The van der Waals surface area contributed by atoms with Crippen LogP contribution < -0.4 is 19.3 Å². The third kappa shape index (κ3) is 12.8. The van der Waals surface area contributed by atoms with Crippen LogP contribution in [0.4, 0.5) is 28.4 Å². The Morgan fingerprint density at radius 2 is 0.883 bits per heavy atom. The molecule has 0 fully saturated rings. The SMILES string of the molecule is CC(C)(C)OCCC(C)(C)Oc1ccc(N(c2ccccc2)c2ccc(C3=CCC(N(c4ccccc4)c4ccc(OC(C)(C)CCOC(C)(C)C)cc4)C=C3)cc2)cc1. The van der Waals surface area contributed by atoms with Gasteiger partial charge in [-0.25, -0.2) is 0 Å². The number of hydrogen-bond donors (Lipinski definition) is 0. The summed E-state index contributed by atoms with van der Waals surface area (Å²) in [6, 6.07) is 47.1. The van der Waals surface area contributed by atoms with Gasteiger partial charge in [-0.15, -0.1) is 0 Å². The molecule has 0 bridgehead atoms. The summed E-state index contributed by atoms with van der Waals surface area (Å²) in [4.78, 5) is 4.70. The molecule has 5 aromatic rings. The summed E-state index contributed by atoms with van der Waals surface area (Å²) >= 11 is 0. The average molecular weight is 807 g/mol. The highest BCUT2D eigenvalue weighted by atomic mass is 16.5. The van der Waals surface area contributed by atoms with E-state index in [0.717, 1.165) is 59.2 Å². The molecule has 5 aromatic carbocycles. The molecule has 6 heteroatoms. The van der Waals surface area contributed by atoms with E-state index >= 15 is 0 Å². The second-order valence-electron chi connectivity index (χ2n) is 18.9. The second kappa shape index (κ2) is 19.0. The molecule has 0 saturated heterocycles. The lowest BCUT2D eigenvalue weighted by Crippen LogP contribution is -2.32. The third-order valence-corrected chi connectivity index (χ3v) is 10.4. The largest absolute Gasteiger partial charge is 0.488 e. The summed E-state index contributed by atoms with van der Waals surface area (Å²) in [7, 11) is 0. The third-order valence-electron chi connectivity index (χ3n) is 10.4. The number of nitrogens with zero attached hydrogens (tertiary/aromatic N) is 2. The minimum atomic E-state index is -0.357. The van der Waals surface area contributed by atoms with E-state index < -0.39 is 0 Å². The van der Waals surface area contributed by atoms with Gasteiger partial charge in [0.25, 0.3) is 0 Å². The second-order valence-corrected chi connectivity index (χ2v) is 18.9. The molecular weight excluding hydrogens is 741 g/mol. The van der Waals surface area contributed by atoms with Crippen molar-refractivity contribution >= 4 is 34.0 Å². The van der Waals surface area contributed by atoms with Gasteiger partial charge in [-0.1, -0.05) is 66.8 Å². The fourth-order valence-electron chi connectivity index (χ4n) is 7.25. The number of ether oxygens (including phenoxy) is 4. The van der Waals surface area contributed by atoms with Gasteiger partial charge in [-0.3, -0.25) is 0 Å². The van der Waals surface area contributed by atoms with Crippen LogP contribution in [0.25, 0.3) is 5.57 Å². The molecule has 316 valence electrons. The average Bonchev–Trinajstić information content (AvgIpc) is 3.19. The zero-order valence-electron chi connectivity index (χ0n) is 37.6. The minimum absolute atomic E-state index is 0.149. The van der Waals surface area contributed by atoms with Crippen LogP contribution >= 0.6 is 0 Å². The molecule has 0 heterocycles. The molecule has 60 heavy (non-hydrogen) atoms. The van der Waals surface area contributed by atoms with E-state index in [1.807, 2.05) is 0 Å². The van der Waals surface area contributed by atoms with Crippen molar-refractivity contribution in [1.29, 1.82) is 0 Å². The van der Waals surface area contributed by atoms with E-state index in [1.165, 1.54) is 11.1 Å². The zero-order chi connectivity index (χ0) is 43.0. The van der Waals surface area contributed by atoms with Crippen molar-refractivity contribution in [2.45, 2.75) is 117 Å². The predicted octanol–water partition coefficient (Wildman–Crippen LogP) is 14.4. The van der Waals surface area contributed by atoms with Gasteiger partial charge in [0.2, 0.25) is 0 Å². The zero-order valence-corrected chi connectivity index (χ0v) is 37.6. The van der Waals surface area contributed by atoms with Crippen LogP contribution in [0.1, 0.15) is 94.1 Å². The van der Waals surface area contributed by atoms with Crippen molar-refractivity contribution in [1.82, 2.24) is 0 Å². The molecule has 1 aliphatic carbocycles. The van der Waals surface area contributed by atoms with Crippen molar-refractivity contribution < 1.29 is 18.9 Å². The lowest BCUT2D eigenvalue weighted by atomic mass is 9.95. The molecule has 1 atom stereocenters. The first-order valence-corrected chi connectivity index (χ1v) is 21.5. The molecule has 0 radical (unpaired) electrons. The number of benzene rings is 5. The van der Waals surface area contributed by atoms with Crippen LogP contribution in [0.3, 0.4) is 0 Å². The van der Waals surface area contributed by atoms with E-state index in [2.05, 4.69) is 231 Å². The Balaban J connectivity index is 1.15. The van der Waals surface area contributed by atoms with Gasteiger partial charge in [0.05, 0.1) is 30.5 Å². The number of para-hydroxylation sites is 2. The highest BCUT2D eigenvalue weighted by Gasteiger charge is 2.25. The van der Waals surface area contributed by atoms with Gasteiger partial charge in [0.15, 0.2) is 0 Å². The Hall–Kier alpha value is -5.30. The summed E-state index contributed by atoms with van der Waals surface area (Å²) < 4.78 is 24.8. The normalized spacial score (nSPS) is 14.7. The van der Waals surface area contributed by atoms with Crippen molar-refractivity contribution in [2.75, 3.05) is 23.0 Å². The van der Waals surface area contributed by atoms with E-state index in [1.54, 1.807) is 0 Å². The number of rotatable bonds is 17. The Morgan fingerprint density at radius 3 is 1.32 bits per heavy atom. The fourth-order valence-corrected chi connectivity index (χ4v) is 7.25. The van der Waals surface area contributed by atoms with Gasteiger partial charge < -0.3 is 28.7 Å². The van der Waals surface area contributed by atoms with Crippen LogP contribution in [-0.2, 0) is 9.47 Å². The number of hydrogen-bond acceptors (Lipinski definition) is 6. The Labute approximate surface area is 360 Å². The summed E-state index contributed by atoms with van der Waals surface area (Å²) in [6.45, 7) is 22.3. The van der Waals surface area contributed by atoms with Gasteiger partial charge in [-0.2, -0.15) is 0 Å². The molecule has 6 nitrogen and oxygen atoms in total. The van der Waals surface area contributed by atoms with Crippen molar-refractivity contribution in [3.63, 3.8) is 0 Å². The molecule has 0 amide bonds. The lowest BCUT2D eigenvalue weighted by molar-refractivity contribution is -0.0299. The van der Waals surface area contributed by atoms with E-state index in [9.17, 15) is 0 Å². The van der Waals surface area contributed by atoms with Gasteiger partial charge in [0.1, 0.15) is 22.7 Å². The predicted molar refractivity (Wildman–Crippen MR) is 252 cm³/mol. The number of anilines is 5. The summed E-state index contributed by atoms with van der Waals surface area (Å²) in [5.74, 6) is 1.69. The molecule has 0 N–H and O–H groups in total. The molecule has 0 aromatic heterocycles. The maximum atomic E-state index is 6.44. The summed E-state index contributed by atoms with van der Waals surface area (Å²) in [5, 5.41) is 0. The van der Waals surface area contributed by atoms with Gasteiger partial charge in [-0.05, 0) is 172 Å². The van der Waals surface area contributed by atoms with Gasteiger partial charge in [0, 0.05) is 41.3 Å². The highest BCUT2D eigenvalue weighted by molar-refractivity contribution is 5.81. The molecule has 6 rings (SSSR count). The first-order valence-electron chi connectivity index (χ1n) is 21.5. The number of allylic oxidation sites excluding steroid dienone is 2. The first-order chi connectivity index (χ1) is 28.4. The van der Waals surface area contributed by atoms with Crippen molar-refractivity contribution in [3.8, 4) is 11.5 Å². The minimum Gasteiger partial charge on any atom is -0.488 e. The van der Waals surface area contributed by atoms with Crippen LogP contribution in [0.2, 0.25) is 0 Å². The van der Waals surface area contributed by atoms with Crippen LogP contribution in [0.5, 0.6) is 11.5 Å². The van der Waals surface area contributed by atoms with Crippen molar-refractivity contribution in [2.24, 2.45) is 0 Å². The Morgan fingerprint density at radius 1 is 0.483 bits per heavy atom. The maximum absolute atomic E-state index is 6.44. The molecule has 0 aliphatic heterocycles. The van der Waals surface area contributed by atoms with E-state index in [4.69, 9.17) is 18.9 Å². The fraction of sp³-hybridized carbons (Fsp3) is 0.370. The van der Waals surface area contributed by atoms with E-state index in [0.29, 0.717) is 13.2 Å². The first kappa shape index (κ1) is 44.3. The topological polar surface area (TPSA) is 43.4 Å². The highest BCUT2D eigenvalue weighted by Crippen LogP contribution is 2.38. The molecule has 1 aliphatic rings. The van der Waals surface area contributed by atoms with Gasteiger partial charge >= 0.3 is 0 Å². The van der Waals surface area contributed by atoms with Crippen LogP contribution in [0.15, 0.2) is 152 Å². The summed E-state index contributed by atoms with van der Waals surface area (Å²) in [6.07, 6.45) is 9.42. The van der Waals surface area contributed by atoms with Crippen LogP contribution in [-0.4, -0.2) is 41.7 Å². The van der Waals surface area contributed by atoms with Crippen LogP contribution in [0, 0.1) is 0 Å².